The maximum absolute atomic E-state index is 13.8. The summed E-state index contributed by atoms with van der Waals surface area (Å²) in [4.78, 5) is 8.99. The lowest BCUT2D eigenvalue weighted by molar-refractivity contribution is 0.624. The Kier molecular flexibility index (Phi) is 4.31. The zero-order valence-corrected chi connectivity index (χ0v) is 15.4. The van der Waals surface area contributed by atoms with Crippen molar-refractivity contribution >= 4 is 11.6 Å². The Balaban J connectivity index is 1.70. The largest absolute Gasteiger partial charge is 0.350 e. The molecule has 0 amide bonds. The summed E-state index contributed by atoms with van der Waals surface area (Å²) in [7, 11) is 0. The fraction of sp³-hybridized carbons (Fsp3) is 0.263. The van der Waals surface area contributed by atoms with Gasteiger partial charge in [-0.2, -0.15) is 19.7 Å². The second-order valence-corrected chi connectivity index (χ2v) is 6.66. The van der Waals surface area contributed by atoms with Crippen LogP contribution in [0.25, 0.3) is 11.3 Å². The zero-order valence-electron chi connectivity index (χ0n) is 15.4. The van der Waals surface area contributed by atoms with Crippen LogP contribution in [-0.4, -0.2) is 29.4 Å². The Hall–Kier alpha value is -3.29. The van der Waals surface area contributed by atoms with Crippen molar-refractivity contribution in [3.05, 3.63) is 65.6 Å². The van der Waals surface area contributed by atoms with E-state index in [1.807, 2.05) is 25.4 Å². The van der Waals surface area contributed by atoms with E-state index >= 15 is 0 Å². The van der Waals surface area contributed by atoms with Crippen molar-refractivity contribution < 1.29 is 4.39 Å². The van der Waals surface area contributed by atoms with Gasteiger partial charge in [0, 0.05) is 24.5 Å². The van der Waals surface area contributed by atoms with E-state index in [9.17, 15) is 4.39 Å². The molecule has 7 nitrogen and oxygen atoms in total. The third kappa shape index (κ3) is 3.25. The van der Waals surface area contributed by atoms with Gasteiger partial charge in [-0.25, -0.2) is 14.1 Å². The predicted octanol–water partition coefficient (Wildman–Crippen LogP) is 3.49. The highest BCUT2D eigenvalue weighted by molar-refractivity contribution is 5.52. The van der Waals surface area contributed by atoms with Crippen molar-refractivity contribution in [3.63, 3.8) is 0 Å². The molecule has 4 rings (SSSR count). The second-order valence-electron chi connectivity index (χ2n) is 6.66. The predicted molar refractivity (Wildman–Crippen MR) is 100 cm³/mol. The van der Waals surface area contributed by atoms with Crippen molar-refractivity contribution in [1.29, 1.82) is 0 Å². The van der Waals surface area contributed by atoms with Crippen LogP contribution in [0.3, 0.4) is 0 Å². The first-order valence-corrected chi connectivity index (χ1v) is 8.77. The number of rotatable bonds is 5. The maximum Gasteiger partial charge on any atom is 0.227 e. The molecule has 0 saturated carbocycles. The van der Waals surface area contributed by atoms with Crippen LogP contribution in [-0.2, 0) is 6.54 Å². The minimum Gasteiger partial charge on any atom is -0.350 e. The fourth-order valence-corrected chi connectivity index (χ4v) is 3.03. The van der Waals surface area contributed by atoms with Gasteiger partial charge in [-0.05, 0) is 42.7 Å². The summed E-state index contributed by atoms with van der Waals surface area (Å²) in [6.07, 6.45) is 5.33. The Morgan fingerprint density at radius 3 is 2.78 bits per heavy atom. The van der Waals surface area contributed by atoms with Crippen LogP contribution >= 0.6 is 0 Å². The molecule has 4 aromatic rings. The molecule has 138 valence electrons. The van der Waals surface area contributed by atoms with E-state index in [1.165, 1.54) is 12.1 Å². The van der Waals surface area contributed by atoms with Crippen LogP contribution in [0.15, 0.2) is 42.9 Å². The quantitative estimate of drug-likeness (QED) is 0.586. The van der Waals surface area contributed by atoms with E-state index < -0.39 is 0 Å². The van der Waals surface area contributed by atoms with Gasteiger partial charge in [-0.3, -0.25) is 0 Å². The molecule has 0 aliphatic heterocycles. The summed E-state index contributed by atoms with van der Waals surface area (Å²) in [6.45, 7) is 6.42. The first-order valence-electron chi connectivity index (χ1n) is 8.77. The summed E-state index contributed by atoms with van der Waals surface area (Å²) in [5, 5.41) is 11.9. The van der Waals surface area contributed by atoms with E-state index in [1.54, 1.807) is 21.5 Å². The molecule has 0 spiro atoms. The van der Waals surface area contributed by atoms with Gasteiger partial charge in [0.1, 0.15) is 11.6 Å². The Bertz CT molecular complexity index is 1080. The van der Waals surface area contributed by atoms with Gasteiger partial charge in [0.2, 0.25) is 5.95 Å². The molecule has 3 aromatic heterocycles. The normalized spacial score (nSPS) is 11.4. The standard InChI is InChI=1S/C19H20FN7/c1-12(2)16-11-23-27-18(16)24-13(3)25-19(27)21-10-14-9-15(20)5-6-17(14)26-8-4-7-22-26/h4-9,11-12H,10H2,1-3H3,(H,21,24,25). The SMILES string of the molecule is Cc1nc(NCc2cc(F)ccc2-n2cccn2)n2ncc(C(C)C)c2n1. The van der Waals surface area contributed by atoms with Crippen molar-refractivity contribution in [3.8, 4) is 5.69 Å². The molecule has 27 heavy (non-hydrogen) atoms. The van der Waals surface area contributed by atoms with Gasteiger partial charge in [0.05, 0.1) is 11.9 Å². The molecule has 0 fully saturated rings. The van der Waals surface area contributed by atoms with E-state index in [0.29, 0.717) is 24.2 Å². The van der Waals surface area contributed by atoms with Crippen LogP contribution in [0.2, 0.25) is 0 Å². The highest BCUT2D eigenvalue weighted by Gasteiger charge is 2.14. The summed E-state index contributed by atoms with van der Waals surface area (Å²) >= 11 is 0. The van der Waals surface area contributed by atoms with Crippen LogP contribution in [0.1, 0.15) is 36.7 Å². The molecule has 0 aliphatic carbocycles. The maximum atomic E-state index is 13.8. The number of benzene rings is 1. The Morgan fingerprint density at radius 1 is 1.19 bits per heavy atom. The van der Waals surface area contributed by atoms with Crippen LogP contribution < -0.4 is 5.32 Å². The Morgan fingerprint density at radius 2 is 2.04 bits per heavy atom. The van der Waals surface area contributed by atoms with Crippen molar-refractivity contribution in [2.24, 2.45) is 0 Å². The van der Waals surface area contributed by atoms with Crippen LogP contribution in [0.4, 0.5) is 10.3 Å². The van der Waals surface area contributed by atoms with E-state index in [4.69, 9.17) is 0 Å². The molecular weight excluding hydrogens is 345 g/mol. The lowest BCUT2D eigenvalue weighted by atomic mass is 10.1. The molecule has 0 radical (unpaired) electrons. The third-order valence-corrected chi connectivity index (χ3v) is 4.36. The van der Waals surface area contributed by atoms with Gasteiger partial charge >= 0.3 is 0 Å². The third-order valence-electron chi connectivity index (χ3n) is 4.36. The molecular formula is C19H20FN7. The van der Waals surface area contributed by atoms with E-state index in [-0.39, 0.29) is 5.82 Å². The topological polar surface area (TPSA) is 72.9 Å². The van der Waals surface area contributed by atoms with Gasteiger partial charge in [0.15, 0.2) is 5.65 Å². The zero-order chi connectivity index (χ0) is 19.0. The van der Waals surface area contributed by atoms with Crippen molar-refractivity contribution in [2.75, 3.05) is 5.32 Å². The van der Waals surface area contributed by atoms with E-state index in [0.717, 1.165) is 22.5 Å². The fourth-order valence-electron chi connectivity index (χ4n) is 3.03. The number of hydrogen-bond donors (Lipinski definition) is 1. The average Bonchev–Trinajstić information content (AvgIpc) is 3.29. The minimum absolute atomic E-state index is 0.298. The lowest BCUT2D eigenvalue weighted by Crippen LogP contribution is -2.12. The lowest BCUT2D eigenvalue weighted by Gasteiger charge is -2.13. The number of hydrogen-bond acceptors (Lipinski definition) is 5. The number of halogens is 1. The highest BCUT2D eigenvalue weighted by Crippen LogP contribution is 2.22. The van der Waals surface area contributed by atoms with E-state index in [2.05, 4.69) is 39.3 Å². The summed E-state index contributed by atoms with van der Waals surface area (Å²) in [5.74, 6) is 1.23. The number of fused-ring (bicyclic) bond motifs is 1. The molecule has 0 unspecified atom stereocenters. The molecule has 0 atom stereocenters. The summed E-state index contributed by atoms with van der Waals surface area (Å²) < 4.78 is 17.2. The molecule has 1 N–H and O–H groups in total. The first-order chi connectivity index (χ1) is 13.0. The molecule has 1 aromatic carbocycles. The van der Waals surface area contributed by atoms with Gasteiger partial charge < -0.3 is 5.32 Å². The highest BCUT2D eigenvalue weighted by atomic mass is 19.1. The number of anilines is 1. The van der Waals surface area contributed by atoms with Gasteiger partial charge in [-0.15, -0.1) is 0 Å². The molecule has 0 saturated heterocycles. The smallest absolute Gasteiger partial charge is 0.227 e. The summed E-state index contributed by atoms with van der Waals surface area (Å²) in [6, 6.07) is 6.47. The van der Waals surface area contributed by atoms with Gasteiger partial charge in [-0.1, -0.05) is 13.8 Å². The van der Waals surface area contributed by atoms with Gasteiger partial charge in [0.25, 0.3) is 0 Å². The molecule has 8 heteroatoms. The molecule has 3 heterocycles. The molecule has 0 bridgehead atoms. The number of nitrogens with one attached hydrogen (secondary N) is 1. The van der Waals surface area contributed by atoms with Crippen LogP contribution in [0, 0.1) is 12.7 Å². The molecule has 0 aliphatic rings. The summed E-state index contributed by atoms with van der Waals surface area (Å²) in [5.41, 5.74) is 3.41. The monoisotopic (exact) mass is 365 g/mol. The van der Waals surface area contributed by atoms with Crippen molar-refractivity contribution in [2.45, 2.75) is 33.2 Å². The number of nitrogens with zero attached hydrogens (tertiary/aromatic N) is 6. The first kappa shape index (κ1) is 17.1. The average molecular weight is 365 g/mol. The Labute approximate surface area is 155 Å². The van der Waals surface area contributed by atoms with Crippen LogP contribution in [0.5, 0.6) is 0 Å². The number of aromatic nitrogens is 6. The second kappa shape index (κ2) is 6.79. The number of aryl methyl sites for hydroxylation is 1. The minimum atomic E-state index is -0.298. The van der Waals surface area contributed by atoms with Crippen molar-refractivity contribution in [1.82, 2.24) is 29.4 Å².